The van der Waals surface area contributed by atoms with E-state index in [9.17, 15) is 4.79 Å². The summed E-state index contributed by atoms with van der Waals surface area (Å²) in [5.74, 6) is 0.527. The highest BCUT2D eigenvalue weighted by Gasteiger charge is 2.21. The fraction of sp³-hybridized carbons (Fsp3) is 0.944. The number of hydrogen-bond acceptors (Lipinski definition) is 5. The van der Waals surface area contributed by atoms with Gasteiger partial charge in [0, 0.05) is 0 Å². The van der Waals surface area contributed by atoms with Crippen LogP contribution in [0.2, 0.25) is 0 Å². The Morgan fingerprint density at radius 1 is 0.957 bits per heavy atom. The molecule has 0 aromatic carbocycles. The number of hydrogen-bond donors (Lipinski definition) is 1. The Kier molecular flexibility index (Phi) is 15.8. The minimum atomic E-state index is -0.0948. The van der Waals surface area contributed by atoms with Gasteiger partial charge in [0.15, 0.2) is 0 Å². The van der Waals surface area contributed by atoms with E-state index in [4.69, 9.17) is 19.3 Å². The van der Waals surface area contributed by atoms with Gasteiger partial charge in [-0.1, -0.05) is 46.5 Å². The average Bonchev–Trinajstić information content (AvgIpc) is 2.57. The highest BCUT2D eigenvalue weighted by molar-refractivity contribution is 5.72. The topological polar surface area (TPSA) is 65.0 Å². The van der Waals surface area contributed by atoms with Gasteiger partial charge in [-0.25, -0.2) is 0 Å². The van der Waals surface area contributed by atoms with E-state index < -0.39 is 0 Å². The van der Waals surface area contributed by atoms with Gasteiger partial charge in [0.05, 0.1) is 39.0 Å². The SMILES string of the molecule is CCCCC(CC)CC(CC)C(=O)OCCOCCOCCO. The molecule has 0 heterocycles. The van der Waals surface area contributed by atoms with Gasteiger partial charge in [-0.05, 0) is 18.8 Å². The van der Waals surface area contributed by atoms with Crippen molar-refractivity contribution >= 4 is 5.97 Å². The van der Waals surface area contributed by atoms with Crippen LogP contribution in [0.1, 0.15) is 59.3 Å². The third-order valence-electron chi connectivity index (χ3n) is 4.07. The lowest BCUT2D eigenvalue weighted by Crippen LogP contribution is -2.22. The summed E-state index contributed by atoms with van der Waals surface area (Å²) in [6, 6.07) is 0. The smallest absolute Gasteiger partial charge is 0.309 e. The van der Waals surface area contributed by atoms with Gasteiger partial charge in [0.25, 0.3) is 0 Å². The third-order valence-corrected chi connectivity index (χ3v) is 4.07. The molecule has 0 fully saturated rings. The molecule has 0 aromatic rings. The minimum Gasteiger partial charge on any atom is -0.463 e. The van der Waals surface area contributed by atoms with Crippen LogP contribution in [0.4, 0.5) is 0 Å². The van der Waals surface area contributed by atoms with Crippen LogP contribution < -0.4 is 0 Å². The molecule has 5 heteroatoms. The maximum absolute atomic E-state index is 12.1. The average molecular weight is 332 g/mol. The van der Waals surface area contributed by atoms with Crippen molar-refractivity contribution in [2.75, 3.05) is 39.6 Å². The fourth-order valence-corrected chi connectivity index (χ4v) is 2.52. The maximum Gasteiger partial charge on any atom is 0.309 e. The molecule has 5 nitrogen and oxygen atoms in total. The van der Waals surface area contributed by atoms with E-state index in [1.54, 1.807) is 0 Å². The number of esters is 1. The fourth-order valence-electron chi connectivity index (χ4n) is 2.52. The van der Waals surface area contributed by atoms with Gasteiger partial charge in [-0.2, -0.15) is 0 Å². The van der Waals surface area contributed by atoms with E-state index in [-0.39, 0.29) is 18.5 Å². The van der Waals surface area contributed by atoms with Crippen LogP contribution in [-0.4, -0.2) is 50.7 Å². The lowest BCUT2D eigenvalue weighted by Gasteiger charge is -2.20. The van der Waals surface area contributed by atoms with Crippen molar-refractivity contribution in [2.45, 2.75) is 59.3 Å². The summed E-state index contributed by atoms with van der Waals surface area (Å²) in [6.07, 6.45) is 6.53. The van der Waals surface area contributed by atoms with Crippen LogP contribution in [0.25, 0.3) is 0 Å². The highest BCUT2D eigenvalue weighted by Crippen LogP contribution is 2.24. The van der Waals surface area contributed by atoms with E-state index >= 15 is 0 Å². The van der Waals surface area contributed by atoms with E-state index in [1.807, 2.05) is 6.92 Å². The normalized spacial score (nSPS) is 13.7. The van der Waals surface area contributed by atoms with Gasteiger partial charge in [0.1, 0.15) is 6.61 Å². The molecule has 0 amide bonds. The molecule has 1 N–H and O–H groups in total. The summed E-state index contributed by atoms with van der Waals surface area (Å²) in [7, 11) is 0. The van der Waals surface area contributed by atoms with Crippen LogP contribution in [0, 0.1) is 11.8 Å². The van der Waals surface area contributed by atoms with Crippen molar-refractivity contribution in [1.29, 1.82) is 0 Å². The molecular weight excluding hydrogens is 296 g/mol. The number of unbranched alkanes of at least 4 members (excludes halogenated alkanes) is 1. The number of rotatable bonds is 16. The zero-order valence-electron chi connectivity index (χ0n) is 15.2. The monoisotopic (exact) mass is 332 g/mol. The molecule has 138 valence electrons. The Bertz CT molecular complexity index is 270. The van der Waals surface area contributed by atoms with E-state index in [1.165, 1.54) is 19.3 Å². The Morgan fingerprint density at radius 3 is 2.17 bits per heavy atom. The predicted molar refractivity (Wildman–Crippen MR) is 91.4 cm³/mol. The minimum absolute atomic E-state index is 0.00435. The molecule has 23 heavy (non-hydrogen) atoms. The van der Waals surface area contributed by atoms with Crippen LogP contribution in [0.5, 0.6) is 0 Å². The summed E-state index contributed by atoms with van der Waals surface area (Å²) in [5, 5.41) is 8.55. The zero-order valence-corrected chi connectivity index (χ0v) is 15.2. The van der Waals surface area contributed by atoms with Crippen molar-refractivity contribution < 1.29 is 24.1 Å². The molecule has 0 radical (unpaired) electrons. The number of aliphatic hydroxyl groups excluding tert-OH is 1. The molecule has 0 rings (SSSR count). The van der Waals surface area contributed by atoms with Gasteiger partial charge >= 0.3 is 5.97 Å². The maximum atomic E-state index is 12.1. The quantitative estimate of drug-likeness (QED) is 0.347. The van der Waals surface area contributed by atoms with E-state index in [0.717, 1.165) is 19.3 Å². The summed E-state index contributed by atoms with van der Waals surface area (Å²) in [6.45, 7) is 8.37. The second kappa shape index (κ2) is 16.2. The molecule has 0 spiro atoms. The van der Waals surface area contributed by atoms with Crippen LogP contribution in [0.3, 0.4) is 0 Å². The van der Waals surface area contributed by atoms with Gasteiger partial charge in [0.2, 0.25) is 0 Å². The third kappa shape index (κ3) is 12.4. The summed E-state index contributed by atoms with van der Waals surface area (Å²) < 4.78 is 15.7. The highest BCUT2D eigenvalue weighted by atomic mass is 16.6. The second-order valence-electron chi connectivity index (χ2n) is 5.87. The lowest BCUT2D eigenvalue weighted by molar-refractivity contribution is -0.151. The first kappa shape index (κ1) is 22.4. The Labute approximate surface area is 141 Å². The summed E-state index contributed by atoms with van der Waals surface area (Å²) in [4.78, 5) is 12.1. The van der Waals surface area contributed by atoms with Crippen molar-refractivity contribution in [3.05, 3.63) is 0 Å². The molecule has 2 atom stereocenters. The van der Waals surface area contributed by atoms with Crippen LogP contribution in [-0.2, 0) is 19.0 Å². The first-order chi connectivity index (χ1) is 11.2. The number of ether oxygens (including phenoxy) is 3. The predicted octanol–water partition coefficient (Wildman–Crippen LogP) is 3.19. The Hall–Kier alpha value is -0.650. The molecule has 2 unspecified atom stereocenters. The Morgan fingerprint density at radius 2 is 1.61 bits per heavy atom. The van der Waals surface area contributed by atoms with Crippen LogP contribution in [0.15, 0.2) is 0 Å². The molecule has 0 saturated heterocycles. The zero-order chi connectivity index (χ0) is 17.3. The van der Waals surface area contributed by atoms with Crippen molar-refractivity contribution in [3.63, 3.8) is 0 Å². The van der Waals surface area contributed by atoms with Gasteiger partial charge in [-0.3, -0.25) is 4.79 Å². The summed E-state index contributed by atoms with van der Waals surface area (Å²) >= 11 is 0. The number of carbonyl (C=O) groups is 1. The first-order valence-corrected chi connectivity index (χ1v) is 9.12. The molecule has 0 aromatic heterocycles. The van der Waals surface area contributed by atoms with Gasteiger partial charge < -0.3 is 19.3 Å². The van der Waals surface area contributed by atoms with E-state index in [2.05, 4.69) is 13.8 Å². The van der Waals surface area contributed by atoms with Crippen LogP contribution >= 0.6 is 0 Å². The molecule has 0 bridgehead atoms. The van der Waals surface area contributed by atoms with Crippen molar-refractivity contribution in [2.24, 2.45) is 11.8 Å². The second-order valence-corrected chi connectivity index (χ2v) is 5.87. The molecule has 0 aliphatic rings. The molecule has 0 saturated carbocycles. The molecule has 0 aliphatic heterocycles. The van der Waals surface area contributed by atoms with E-state index in [0.29, 0.717) is 39.0 Å². The van der Waals surface area contributed by atoms with Crippen molar-refractivity contribution in [3.8, 4) is 0 Å². The molecule has 0 aliphatic carbocycles. The largest absolute Gasteiger partial charge is 0.463 e. The lowest BCUT2D eigenvalue weighted by atomic mass is 9.87. The summed E-state index contributed by atoms with van der Waals surface area (Å²) in [5.41, 5.74) is 0. The standard InChI is InChI=1S/C18H36O5/c1-4-7-8-16(5-2)15-17(6-3)18(20)23-14-13-22-12-11-21-10-9-19/h16-17,19H,4-15H2,1-3H3. The first-order valence-electron chi connectivity index (χ1n) is 9.12. The number of carbonyl (C=O) groups excluding carboxylic acids is 1. The van der Waals surface area contributed by atoms with Crippen molar-refractivity contribution in [1.82, 2.24) is 0 Å². The Balaban J connectivity index is 3.83. The van der Waals surface area contributed by atoms with Gasteiger partial charge in [-0.15, -0.1) is 0 Å². The number of aliphatic hydroxyl groups is 1. The molecular formula is C18H36O5.